The zero-order valence-electron chi connectivity index (χ0n) is 12.2. The van der Waals surface area contributed by atoms with Gasteiger partial charge in [0.05, 0.1) is 6.21 Å². The normalized spacial score (nSPS) is 11.8. The number of nitrogens with one attached hydrogen (secondary N) is 1. The molecule has 4 rings (SSSR count). The van der Waals surface area contributed by atoms with Gasteiger partial charge in [0.15, 0.2) is 0 Å². The number of hydrogen-bond donors (Lipinski definition) is 1. The highest BCUT2D eigenvalue weighted by atomic mass is 79.9. The van der Waals surface area contributed by atoms with Crippen LogP contribution in [0.25, 0.3) is 21.9 Å². The molecule has 0 aliphatic rings. The maximum Gasteiger partial charge on any atom is 0.298 e. The molecule has 0 bridgehead atoms. The molecule has 4 aromatic rings. The van der Waals surface area contributed by atoms with Crippen LogP contribution in [-0.4, -0.2) is 20.9 Å². The minimum Gasteiger partial charge on any atom is -0.349 e. The number of rotatable bonds is 2. The van der Waals surface area contributed by atoms with Crippen LogP contribution >= 0.6 is 27.5 Å². The van der Waals surface area contributed by atoms with Crippen molar-refractivity contribution in [3.63, 3.8) is 0 Å². The summed E-state index contributed by atoms with van der Waals surface area (Å²) in [7, 11) is 0. The van der Waals surface area contributed by atoms with Gasteiger partial charge in [0, 0.05) is 20.4 Å². The predicted molar refractivity (Wildman–Crippen MR) is 100 cm³/mol. The fourth-order valence-electron chi connectivity index (χ4n) is 2.48. The number of halogens is 2. The van der Waals surface area contributed by atoms with E-state index in [4.69, 9.17) is 11.6 Å². The van der Waals surface area contributed by atoms with Crippen molar-refractivity contribution in [3.05, 3.63) is 74.2 Å². The van der Waals surface area contributed by atoms with E-state index in [9.17, 15) is 4.79 Å². The fourth-order valence-corrected chi connectivity index (χ4v) is 2.91. The second-order valence-corrected chi connectivity index (χ2v) is 6.58. The van der Waals surface area contributed by atoms with Gasteiger partial charge in [0.25, 0.3) is 5.56 Å². The lowest BCUT2D eigenvalue weighted by Gasteiger charge is -1.98. The Bertz CT molecular complexity index is 1150. The standard InChI is InChI=1S/C17H10BrClN4O/c18-11-3-1-10(2-4-11)8-21-23-9-20-15-13-7-12(19)5-6-14(13)22-16(15)17(23)24/h1-9,22H. The van der Waals surface area contributed by atoms with Gasteiger partial charge >= 0.3 is 0 Å². The predicted octanol–water partition coefficient (Wildman–Crippen LogP) is 4.18. The molecule has 1 N–H and O–H groups in total. The van der Waals surface area contributed by atoms with Crippen LogP contribution in [0, 0.1) is 0 Å². The molecule has 7 heteroatoms. The highest BCUT2D eigenvalue weighted by Crippen LogP contribution is 2.24. The van der Waals surface area contributed by atoms with Gasteiger partial charge in [0.1, 0.15) is 17.4 Å². The van der Waals surface area contributed by atoms with Crippen molar-refractivity contribution in [2.24, 2.45) is 5.10 Å². The average Bonchev–Trinajstić information content (AvgIpc) is 2.95. The molecule has 0 atom stereocenters. The van der Waals surface area contributed by atoms with Gasteiger partial charge in [-0.3, -0.25) is 4.79 Å². The van der Waals surface area contributed by atoms with Crippen LogP contribution in [0.5, 0.6) is 0 Å². The molecular formula is C17H10BrClN4O. The highest BCUT2D eigenvalue weighted by Gasteiger charge is 2.10. The Morgan fingerprint density at radius 3 is 2.79 bits per heavy atom. The number of fused-ring (bicyclic) bond motifs is 3. The van der Waals surface area contributed by atoms with E-state index in [1.807, 2.05) is 30.3 Å². The lowest BCUT2D eigenvalue weighted by atomic mass is 10.2. The Kier molecular flexibility index (Phi) is 3.70. The molecule has 2 aromatic carbocycles. The van der Waals surface area contributed by atoms with E-state index < -0.39 is 0 Å². The zero-order valence-corrected chi connectivity index (χ0v) is 14.5. The SMILES string of the molecule is O=c1c2[nH]c3ccc(Cl)cc3c2ncn1N=Cc1ccc(Br)cc1. The lowest BCUT2D eigenvalue weighted by molar-refractivity contribution is 0.815. The molecule has 0 amide bonds. The van der Waals surface area contributed by atoms with E-state index in [0.29, 0.717) is 16.1 Å². The van der Waals surface area contributed by atoms with Crippen LogP contribution in [0.1, 0.15) is 5.56 Å². The molecule has 0 aliphatic carbocycles. The summed E-state index contributed by atoms with van der Waals surface area (Å²) in [6.07, 6.45) is 3.02. The Morgan fingerprint density at radius 1 is 1.21 bits per heavy atom. The quantitative estimate of drug-likeness (QED) is 0.512. The highest BCUT2D eigenvalue weighted by molar-refractivity contribution is 9.10. The molecule has 24 heavy (non-hydrogen) atoms. The summed E-state index contributed by atoms with van der Waals surface area (Å²) in [5, 5.41) is 5.62. The van der Waals surface area contributed by atoms with Crippen molar-refractivity contribution in [1.82, 2.24) is 14.6 Å². The van der Waals surface area contributed by atoms with Crippen molar-refractivity contribution >= 4 is 55.7 Å². The molecule has 0 unspecified atom stereocenters. The fraction of sp³-hybridized carbons (Fsp3) is 0. The molecule has 2 heterocycles. The van der Waals surface area contributed by atoms with Gasteiger partial charge < -0.3 is 4.98 Å². The lowest BCUT2D eigenvalue weighted by Crippen LogP contribution is -2.17. The van der Waals surface area contributed by atoms with E-state index >= 15 is 0 Å². The van der Waals surface area contributed by atoms with Gasteiger partial charge in [-0.05, 0) is 35.9 Å². The van der Waals surface area contributed by atoms with Crippen LogP contribution in [0.3, 0.4) is 0 Å². The molecular weight excluding hydrogens is 392 g/mol. The summed E-state index contributed by atoms with van der Waals surface area (Å²) in [5.74, 6) is 0. The van der Waals surface area contributed by atoms with Crippen LogP contribution in [0.2, 0.25) is 5.02 Å². The van der Waals surface area contributed by atoms with Crippen molar-refractivity contribution in [2.45, 2.75) is 0 Å². The molecule has 0 aliphatic heterocycles. The summed E-state index contributed by atoms with van der Waals surface area (Å²) < 4.78 is 2.19. The Hall–Kier alpha value is -2.44. The third kappa shape index (κ3) is 2.64. The van der Waals surface area contributed by atoms with E-state index in [0.717, 1.165) is 20.9 Å². The largest absolute Gasteiger partial charge is 0.349 e. The first-order valence-corrected chi connectivity index (χ1v) is 8.27. The number of nitrogens with zero attached hydrogens (tertiary/aromatic N) is 3. The first-order valence-electron chi connectivity index (χ1n) is 7.10. The molecule has 5 nitrogen and oxygen atoms in total. The van der Waals surface area contributed by atoms with E-state index in [1.54, 1.807) is 18.3 Å². The Labute approximate surface area is 149 Å². The molecule has 2 aromatic heterocycles. The van der Waals surface area contributed by atoms with Crippen LogP contribution < -0.4 is 5.56 Å². The number of H-pyrrole nitrogens is 1. The van der Waals surface area contributed by atoms with Crippen molar-refractivity contribution in [1.29, 1.82) is 0 Å². The Balaban J connectivity index is 1.82. The molecule has 118 valence electrons. The van der Waals surface area contributed by atoms with Gasteiger partial charge in [-0.15, -0.1) is 0 Å². The maximum absolute atomic E-state index is 12.6. The van der Waals surface area contributed by atoms with Gasteiger partial charge in [-0.1, -0.05) is 39.7 Å². The Morgan fingerprint density at radius 2 is 2.00 bits per heavy atom. The summed E-state index contributed by atoms with van der Waals surface area (Å²) in [6.45, 7) is 0. The molecule has 0 fully saturated rings. The van der Waals surface area contributed by atoms with Crippen LogP contribution in [0.4, 0.5) is 0 Å². The van der Waals surface area contributed by atoms with Crippen LogP contribution in [-0.2, 0) is 0 Å². The minimum absolute atomic E-state index is 0.263. The second kappa shape index (κ2) is 5.89. The molecule has 0 saturated heterocycles. The maximum atomic E-state index is 12.6. The second-order valence-electron chi connectivity index (χ2n) is 5.23. The third-order valence-corrected chi connectivity index (χ3v) is 4.42. The number of hydrogen-bond acceptors (Lipinski definition) is 3. The topological polar surface area (TPSA) is 63.0 Å². The summed E-state index contributed by atoms with van der Waals surface area (Å²) in [5.41, 5.74) is 2.43. The van der Waals surface area contributed by atoms with Crippen molar-refractivity contribution in [3.8, 4) is 0 Å². The van der Waals surface area contributed by atoms with E-state index in [-0.39, 0.29) is 5.56 Å². The van der Waals surface area contributed by atoms with E-state index in [2.05, 4.69) is 31.0 Å². The smallest absolute Gasteiger partial charge is 0.298 e. The first-order chi connectivity index (χ1) is 11.6. The third-order valence-electron chi connectivity index (χ3n) is 3.65. The monoisotopic (exact) mass is 400 g/mol. The van der Waals surface area contributed by atoms with Gasteiger partial charge in [0.2, 0.25) is 0 Å². The molecule has 0 radical (unpaired) electrons. The molecule has 0 spiro atoms. The van der Waals surface area contributed by atoms with Gasteiger partial charge in [-0.25, -0.2) is 4.98 Å². The number of aromatic nitrogens is 3. The van der Waals surface area contributed by atoms with Gasteiger partial charge in [-0.2, -0.15) is 9.78 Å². The summed E-state index contributed by atoms with van der Waals surface area (Å²) in [6, 6.07) is 13.0. The number of aromatic amines is 1. The number of benzene rings is 2. The zero-order chi connectivity index (χ0) is 16.7. The summed E-state index contributed by atoms with van der Waals surface area (Å²) in [4.78, 5) is 20.0. The molecule has 0 saturated carbocycles. The average molecular weight is 402 g/mol. The van der Waals surface area contributed by atoms with Crippen molar-refractivity contribution < 1.29 is 0 Å². The van der Waals surface area contributed by atoms with E-state index in [1.165, 1.54) is 11.0 Å². The van der Waals surface area contributed by atoms with Crippen molar-refractivity contribution in [2.75, 3.05) is 0 Å². The first kappa shape index (κ1) is 15.1. The van der Waals surface area contributed by atoms with Crippen LogP contribution in [0.15, 0.2) is 63.2 Å². The summed E-state index contributed by atoms with van der Waals surface area (Å²) >= 11 is 9.40. The minimum atomic E-state index is -0.263.